The van der Waals surface area contributed by atoms with Crippen molar-refractivity contribution in [2.75, 3.05) is 53.4 Å². The van der Waals surface area contributed by atoms with Gasteiger partial charge >= 0.3 is 0 Å². The summed E-state index contributed by atoms with van der Waals surface area (Å²) < 4.78 is 5.69. The van der Waals surface area contributed by atoms with Crippen molar-refractivity contribution in [3.05, 3.63) is 23.2 Å². The molecular weight excluding hydrogens is 306 g/mol. The van der Waals surface area contributed by atoms with Crippen LogP contribution in [0.2, 0.25) is 0 Å². The smallest absolute Gasteiger partial charge is 0.289 e. The SMILES string of the molecule is CCc1cc(C(=O)N(C)CC(O)CN2CCN(C)CC2)oc1CC. The molecule has 1 N–H and O–H groups in total. The third-order valence-corrected chi connectivity index (χ3v) is 4.71. The van der Waals surface area contributed by atoms with Crippen LogP contribution >= 0.6 is 0 Å². The highest BCUT2D eigenvalue weighted by molar-refractivity contribution is 5.91. The Kier molecular flexibility index (Phi) is 6.83. The minimum atomic E-state index is -0.548. The number of amides is 1. The van der Waals surface area contributed by atoms with Gasteiger partial charge in [0, 0.05) is 52.7 Å². The van der Waals surface area contributed by atoms with Gasteiger partial charge in [0.05, 0.1) is 6.10 Å². The third-order valence-electron chi connectivity index (χ3n) is 4.71. The van der Waals surface area contributed by atoms with Crippen LogP contribution in [-0.4, -0.2) is 85.2 Å². The molecule has 2 heterocycles. The lowest BCUT2D eigenvalue weighted by molar-refractivity contribution is 0.0484. The number of carbonyl (C=O) groups is 1. The van der Waals surface area contributed by atoms with E-state index < -0.39 is 6.10 Å². The Morgan fingerprint density at radius 2 is 1.96 bits per heavy atom. The van der Waals surface area contributed by atoms with E-state index in [9.17, 15) is 9.90 Å². The Hall–Kier alpha value is -1.37. The molecule has 1 amide bonds. The highest BCUT2D eigenvalue weighted by Gasteiger charge is 2.22. The van der Waals surface area contributed by atoms with Crippen LogP contribution in [0.15, 0.2) is 10.5 Å². The molecule has 1 saturated heterocycles. The Morgan fingerprint density at radius 3 is 2.50 bits per heavy atom. The molecule has 6 heteroatoms. The molecule has 2 rings (SSSR count). The van der Waals surface area contributed by atoms with Gasteiger partial charge in [-0.2, -0.15) is 0 Å². The van der Waals surface area contributed by atoms with Crippen molar-refractivity contribution < 1.29 is 14.3 Å². The molecule has 0 bridgehead atoms. The summed E-state index contributed by atoms with van der Waals surface area (Å²) >= 11 is 0. The predicted molar refractivity (Wildman–Crippen MR) is 94.4 cm³/mol. The van der Waals surface area contributed by atoms with Gasteiger partial charge in [0.2, 0.25) is 0 Å². The van der Waals surface area contributed by atoms with Gasteiger partial charge in [0.15, 0.2) is 5.76 Å². The van der Waals surface area contributed by atoms with Gasteiger partial charge in [-0.15, -0.1) is 0 Å². The van der Waals surface area contributed by atoms with Crippen LogP contribution in [0.5, 0.6) is 0 Å². The van der Waals surface area contributed by atoms with E-state index >= 15 is 0 Å². The molecule has 1 atom stereocenters. The number of nitrogens with zero attached hydrogens (tertiary/aromatic N) is 3. The first-order chi connectivity index (χ1) is 11.4. The summed E-state index contributed by atoms with van der Waals surface area (Å²) in [6.45, 7) is 8.96. The Bertz CT molecular complexity index is 514. The molecule has 0 spiro atoms. The van der Waals surface area contributed by atoms with E-state index in [0.29, 0.717) is 18.8 Å². The number of rotatable bonds is 7. The molecule has 1 aromatic heterocycles. The third kappa shape index (κ3) is 4.82. The molecule has 1 unspecified atom stereocenters. The van der Waals surface area contributed by atoms with E-state index in [1.54, 1.807) is 11.9 Å². The van der Waals surface area contributed by atoms with Crippen molar-refractivity contribution in [1.82, 2.24) is 14.7 Å². The van der Waals surface area contributed by atoms with E-state index in [2.05, 4.69) is 23.8 Å². The summed E-state index contributed by atoms with van der Waals surface area (Å²) in [7, 11) is 3.83. The van der Waals surface area contributed by atoms with Crippen molar-refractivity contribution >= 4 is 5.91 Å². The van der Waals surface area contributed by atoms with Crippen LogP contribution in [0, 0.1) is 0 Å². The highest BCUT2D eigenvalue weighted by atomic mass is 16.4. The number of likely N-dealkylation sites (N-methyl/N-ethyl adjacent to an activating group) is 2. The summed E-state index contributed by atoms with van der Waals surface area (Å²) in [5, 5.41) is 10.3. The maximum absolute atomic E-state index is 12.5. The fourth-order valence-electron chi connectivity index (χ4n) is 3.14. The topological polar surface area (TPSA) is 60.2 Å². The lowest BCUT2D eigenvalue weighted by Crippen LogP contribution is -2.48. The van der Waals surface area contributed by atoms with Crippen molar-refractivity contribution in [2.24, 2.45) is 0 Å². The second kappa shape index (κ2) is 8.65. The van der Waals surface area contributed by atoms with Gasteiger partial charge in [-0.25, -0.2) is 0 Å². The molecular formula is C18H31N3O3. The second-order valence-corrected chi connectivity index (χ2v) is 6.71. The quantitative estimate of drug-likeness (QED) is 0.807. The average molecular weight is 337 g/mol. The van der Waals surface area contributed by atoms with E-state index in [0.717, 1.165) is 50.3 Å². The van der Waals surface area contributed by atoms with Crippen LogP contribution in [0.3, 0.4) is 0 Å². The minimum absolute atomic E-state index is 0.165. The number of aliphatic hydroxyl groups excluding tert-OH is 1. The molecule has 24 heavy (non-hydrogen) atoms. The Morgan fingerprint density at radius 1 is 1.29 bits per heavy atom. The predicted octanol–water partition coefficient (Wildman–Crippen LogP) is 1.08. The molecule has 1 aromatic rings. The number of furan rings is 1. The normalized spacial score (nSPS) is 17.9. The number of piperazine rings is 1. The van der Waals surface area contributed by atoms with Gasteiger partial charge in [0.1, 0.15) is 5.76 Å². The van der Waals surface area contributed by atoms with Crippen molar-refractivity contribution in [3.8, 4) is 0 Å². The van der Waals surface area contributed by atoms with E-state index in [1.165, 1.54) is 0 Å². The summed E-state index contributed by atoms with van der Waals surface area (Å²) in [5.74, 6) is 1.09. The molecule has 0 radical (unpaired) electrons. The van der Waals surface area contributed by atoms with Gasteiger partial charge in [0.25, 0.3) is 5.91 Å². The molecule has 1 fully saturated rings. The average Bonchev–Trinajstić information content (AvgIpc) is 2.99. The zero-order valence-corrected chi connectivity index (χ0v) is 15.4. The Balaban J connectivity index is 1.87. The number of hydrogen-bond acceptors (Lipinski definition) is 5. The molecule has 136 valence electrons. The van der Waals surface area contributed by atoms with Crippen molar-refractivity contribution in [1.29, 1.82) is 0 Å². The zero-order valence-electron chi connectivity index (χ0n) is 15.4. The van der Waals surface area contributed by atoms with E-state index in [4.69, 9.17) is 4.42 Å². The number of β-amino-alcohol motifs (C(OH)–C–C–N with tert-alkyl or cyclic N) is 1. The summed E-state index contributed by atoms with van der Waals surface area (Å²) in [6.07, 6.45) is 1.09. The van der Waals surface area contributed by atoms with Gasteiger partial charge in [-0.05, 0) is 25.1 Å². The number of carbonyl (C=O) groups excluding carboxylic acids is 1. The number of hydrogen-bond donors (Lipinski definition) is 1. The molecule has 1 aliphatic rings. The first kappa shape index (κ1) is 19.0. The van der Waals surface area contributed by atoms with Gasteiger partial charge < -0.3 is 19.3 Å². The number of aryl methyl sites for hydroxylation is 2. The molecule has 1 aliphatic heterocycles. The van der Waals surface area contributed by atoms with Crippen LogP contribution in [0.25, 0.3) is 0 Å². The first-order valence-corrected chi connectivity index (χ1v) is 8.90. The highest BCUT2D eigenvalue weighted by Crippen LogP contribution is 2.18. The lowest BCUT2D eigenvalue weighted by Gasteiger charge is -2.34. The van der Waals surface area contributed by atoms with Gasteiger partial charge in [-0.1, -0.05) is 13.8 Å². The van der Waals surface area contributed by atoms with Crippen molar-refractivity contribution in [2.45, 2.75) is 32.8 Å². The van der Waals surface area contributed by atoms with E-state index in [-0.39, 0.29) is 5.91 Å². The van der Waals surface area contributed by atoms with Gasteiger partial charge in [-0.3, -0.25) is 9.69 Å². The zero-order chi connectivity index (χ0) is 17.7. The standard InChI is InChI=1S/C18H31N3O3/c1-5-14-11-17(24-16(14)6-2)18(23)20(4)12-15(22)13-21-9-7-19(3)8-10-21/h11,15,22H,5-10,12-13H2,1-4H3. The fraction of sp³-hybridized carbons (Fsp3) is 0.722. The maximum Gasteiger partial charge on any atom is 0.289 e. The fourth-order valence-corrected chi connectivity index (χ4v) is 3.14. The van der Waals surface area contributed by atoms with Crippen LogP contribution in [0.4, 0.5) is 0 Å². The van der Waals surface area contributed by atoms with Crippen LogP contribution < -0.4 is 0 Å². The van der Waals surface area contributed by atoms with Crippen LogP contribution in [-0.2, 0) is 12.8 Å². The summed E-state index contributed by atoms with van der Waals surface area (Å²) in [4.78, 5) is 18.6. The van der Waals surface area contributed by atoms with E-state index in [1.807, 2.05) is 13.0 Å². The monoisotopic (exact) mass is 337 g/mol. The first-order valence-electron chi connectivity index (χ1n) is 8.90. The number of aliphatic hydroxyl groups is 1. The lowest BCUT2D eigenvalue weighted by atomic mass is 10.1. The summed E-state index contributed by atoms with van der Waals surface area (Å²) in [5.41, 5.74) is 1.09. The minimum Gasteiger partial charge on any atom is -0.456 e. The molecule has 6 nitrogen and oxygen atoms in total. The van der Waals surface area contributed by atoms with Crippen LogP contribution in [0.1, 0.15) is 35.7 Å². The molecule has 0 aliphatic carbocycles. The maximum atomic E-state index is 12.5. The summed E-state index contributed by atoms with van der Waals surface area (Å²) in [6, 6.07) is 1.84. The largest absolute Gasteiger partial charge is 0.456 e. The Labute approximate surface area is 145 Å². The second-order valence-electron chi connectivity index (χ2n) is 6.71. The molecule has 0 aromatic carbocycles. The van der Waals surface area contributed by atoms with Crippen molar-refractivity contribution in [3.63, 3.8) is 0 Å². The molecule has 0 saturated carbocycles.